The van der Waals surface area contributed by atoms with Crippen LogP contribution in [0.3, 0.4) is 0 Å². The van der Waals surface area contributed by atoms with E-state index in [4.69, 9.17) is 14.7 Å². The van der Waals surface area contributed by atoms with Crippen LogP contribution in [0.5, 0.6) is 17.6 Å². The number of ether oxygens (including phenoxy) is 2. The minimum absolute atomic E-state index is 0.0752. The van der Waals surface area contributed by atoms with Gasteiger partial charge >= 0.3 is 6.18 Å². The van der Waals surface area contributed by atoms with E-state index in [0.717, 1.165) is 16.3 Å². The first-order chi connectivity index (χ1) is 12.8. The predicted octanol–water partition coefficient (Wildman–Crippen LogP) is 4.08. The highest BCUT2D eigenvalue weighted by Gasteiger charge is 2.35. The summed E-state index contributed by atoms with van der Waals surface area (Å²) in [6.45, 7) is 0.214. The van der Waals surface area contributed by atoms with Gasteiger partial charge < -0.3 is 9.47 Å². The summed E-state index contributed by atoms with van der Waals surface area (Å²) in [6, 6.07) is 14.7. The lowest BCUT2D eigenvalue weighted by Crippen LogP contribution is -2.06. The Morgan fingerprint density at radius 3 is 2.44 bits per heavy atom. The van der Waals surface area contributed by atoms with Crippen LogP contribution in [0.15, 0.2) is 48.5 Å². The van der Waals surface area contributed by atoms with E-state index < -0.39 is 11.9 Å². The van der Waals surface area contributed by atoms with Gasteiger partial charge in [-0.3, -0.25) is 0 Å². The van der Waals surface area contributed by atoms with Gasteiger partial charge in [0.15, 0.2) is 5.69 Å². The molecule has 3 rings (SSSR count). The summed E-state index contributed by atoms with van der Waals surface area (Å²) in [5, 5.41) is 12.5. The summed E-state index contributed by atoms with van der Waals surface area (Å²) < 4.78 is 50.1. The molecule has 0 bridgehead atoms. The Balaban J connectivity index is 1.81. The van der Waals surface area contributed by atoms with Crippen molar-refractivity contribution in [3.63, 3.8) is 0 Å². The van der Waals surface area contributed by atoms with Crippen molar-refractivity contribution in [2.75, 3.05) is 0 Å². The maximum atomic E-state index is 12.8. The molecular weight excluding hydrogens is 361 g/mol. The molecular formula is C18H13F3N4O2. The molecule has 2 heterocycles. The molecule has 0 spiro atoms. The summed E-state index contributed by atoms with van der Waals surface area (Å²) in [5.74, 6) is -0.126. The zero-order chi connectivity index (χ0) is 19.4. The summed E-state index contributed by atoms with van der Waals surface area (Å²) in [4.78, 5) is 4.09. The number of alkyl halides is 3. The van der Waals surface area contributed by atoms with Crippen molar-refractivity contribution < 1.29 is 22.6 Å². The van der Waals surface area contributed by atoms with Crippen molar-refractivity contribution in [3.8, 4) is 23.7 Å². The Hall–Kier alpha value is -3.54. The van der Waals surface area contributed by atoms with E-state index >= 15 is 0 Å². The van der Waals surface area contributed by atoms with Crippen LogP contribution >= 0.6 is 0 Å². The second-order valence-electron chi connectivity index (χ2n) is 5.51. The molecule has 0 radical (unpaired) electrons. The molecule has 3 aromatic rings. The molecule has 0 atom stereocenters. The van der Waals surface area contributed by atoms with Gasteiger partial charge in [0.05, 0.1) is 11.6 Å². The number of aryl methyl sites for hydroxylation is 1. The molecule has 1 aromatic carbocycles. The number of nitrogens with zero attached hydrogens (tertiary/aromatic N) is 4. The van der Waals surface area contributed by atoms with Crippen LogP contribution in [0, 0.1) is 11.3 Å². The number of nitriles is 1. The molecule has 0 saturated carbocycles. The first kappa shape index (κ1) is 18.3. The standard InChI is InChI=1S/C18H13F3N4O2/c1-25-17(9-14(24-25)18(19,20)21)27-16-8-13(10-22)7-15(23-16)26-11-12-5-3-2-4-6-12/h2-9H,11H2,1H3. The molecule has 0 aliphatic heterocycles. The second-order valence-corrected chi connectivity index (χ2v) is 5.51. The zero-order valence-corrected chi connectivity index (χ0v) is 14.1. The molecule has 27 heavy (non-hydrogen) atoms. The summed E-state index contributed by atoms with van der Waals surface area (Å²) in [5.41, 5.74) is 0.00356. The van der Waals surface area contributed by atoms with E-state index in [-0.39, 0.29) is 29.8 Å². The average molecular weight is 374 g/mol. The molecule has 0 unspecified atom stereocenters. The molecule has 0 aliphatic carbocycles. The third-order valence-electron chi connectivity index (χ3n) is 3.47. The Bertz CT molecular complexity index is 979. The van der Waals surface area contributed by atoms with E-state index in [1.165, 1.54) is 19.2 Å². The minimum Gasteiger partial charge on any atom is -0.473 e. The largest absolute Gasteiger partial charge is 0.473 e. The number of benzene rings is 1. The van der Waals surface area contributed by atoms with Crippen LogP contribution in [0.1, 0.15) is 16.8 Å². The maximum absolute atomic E-state index is 12.8. The fourth-order valence-electron chi connectivity index (χ4n) is 2.19. The molecule has 6 nitrogen and oxygen atoms in total. The SMILES string of the molecule is Cn1nc(C(F)(F)F)cc1Oc1cc(C#N)cc(OCc2ccccc2)n1. The van der Waals surface area contributed by atoms with Crippen LogP contribution < -0.4 is 9.47 Å². The molecule has 0 saturated heterocycles. The lowest BCUT2D eigenvalue weighted by atomic mass is 10.2. The first-order valence-electron chi connectivity index (χ1n) is 7.73. The van der Waals surface area contributed by atoms with E-state index in [0.29, 0.717) is 0 Å². The van der Waals surface area contributed by atoms with Gasteiger partial charge in [-0.15, -0.1) is 0 Å². The van der Waals surface area contributed by atoms with Gasteiger partial charge in [0.25, 0.3) is 0 Å². The van der Waals surface area contributed by atoms with Crippen molar-refractivity contribution in [3.05, 3.63) is 65.4 Å². The van der Waals surface area contributed by atoms with Crippen LogP contribution in [0.2, 0.25) is 0 Å². The number of pyridine rings is 1. The van der Waals surface area contributed by atoms with Crippen molar-refractivity contribution in [1.29, 1.82) is 5.26 Å². The van der Waals surface area contributed by atoms with Crippen molar-refractivity contribution in [2.24, 2.45) is 7.05 Å². The van der Waals surface area contributed by atoms with E-state index in [1.807, 2.05) is 36.4 Å². The normalized spacial score (nSPS) is 11.1. The van der Waals surface area contributed by atoms with Crippen LogP contribution in [0.4, 0.5) is 13.2 Å². The second kappa shape index (κ2) is 7.37. The van der Waals surface area contributed by atoms with E-state index in [1.54, 1.807) is 0 Å². The maximum Gasteiger partial charge on any atom is 0.435 e. The molecule has 9 heteroatoms. The van der Waals surface area contributed by atoms with Crippen molar-refractivity contribution >= 4 is 0 Å². The Morgan fingerprint density at radius 2 is 1.81 bits per heavy atom. The minimum atomic E-state index is -4.59. The highest BCUT2D eigenvalue weighted by molar-refractivity contribution is 5.38. The molecule has 0 aliphatic rings. The fourth-order valence-corrected chi connectivity index (χ4v) is 2.19. The van der Waals surface area contributed by atoms with Crippen molar-refractivity contribution in [2.45, 2.75) is 12.8 Å². The smallest absolute Gasteiger partial charge is 0.435 e. The number of halogens is 3. The van der Waals surface area contributed by atoms with E-state index in [9.17, 15) is 13.2 Å². The number of hydrogen-bond donors (Lipinski definition) is 0. The predicted molar refractivity (Wildman–Crippen MR) is 88.0 cm³/mol. The van der Waals surface area contributed by atoms with Gasteiger partial charge in [-0.2, -0.15) is 28.5 Å². The molecule has 0 N–H and O–H groups in total. The molecule has 0 fully saturated rings. The molecule has 138 valence electrons. The zero-order valence-electron chi connectivity index (χ0n) is 14.1. The van der Waals surface area contributed by atoms with Crippen LogP contribution in [0.25, 0.3) is 0 Å². The van der Waals surface area contributed by atoms with Gasteiger partial charge in [-0.05, 0) is 5.56 Å². The lowest BCUT2D eigenvalue weighted by molar-refractivity contribution is -0.141. The van der Waals surface area contributed by atoms with Crippen LogP contribution in [-0.2, 0) is 19.8 Å². The fraction of sp³-hybridized carbons (Fsp3) is 0.167. The summed E-state index contributed by atoms with van der Waals surface area (Å²) in [6.07, 6.45) is -4.59. The number of rotatable bonds is 5. The average Bonchev–Trinajstić information content (AvgIpc) is 3.01. The lowest BCUT2D eigenvalue weighted by Gasteiger charge is -2.09. The Labute approximate surface area is 152 Å². The number of hydrogen-bond acceptors (Lipinski definition) is 5. The Kier molecular flexibility index (Phi) is 4.98. The van der Waals surface area contributed by atoms with Gasteiger partial charge in [-0.25, -0.2) is 4.68 Å². The topological polar surface area (TPSA) is 73.0 Å². The monoisotopic (exact) mass is 374 g/mol. The summed E-state index contributed by atoms with van der Waals surface area (Å²) >= 11 is 0. The number of aromatic nitrogens is 3. The van der Waals surface area contributed by atoms with Gasteiger partial charge in [0.2, 0.25) is 17.6 Å². The summed E-state index contributed by atoms with van der Waals surface area (Å²) in [7, 11) is 1.31. The highest BCUT2D eigenvalue weighted by Crippen LogP contribution is 2.32. The van der Waals surface area contributed by atoms with Gasteiger partial charge in [0.1, 0.15) is 6.61 Å². The third-order valence-corrected chi connectivity index (χ3v) is 3.47. The quantitative estimate of drug-likeness (QED) is 0.673. The highest BCUT2D eigenvalue weighted by atomic mass is 19.4. The van der Waals surface area contributed by atoms with Crippen molar-refractivity contribution in [1.82, 2.24) is 14.8 Å². The van der Waals surface area contributed by atoms with Crippen LogP contribution in [-0.4, -0.2) is 14.8 Å². The Morgan fingerprint density at radius 1 is 1.11 bits per heavy atom. The third kappa shape index (κ3) is 4.55. The van der Waals surface area contributed by atoms with E-state index in [2.05, 4.69) is 10.1 Å². The first-order valence-corrected chi connectivity index (χ1v) is 7.73. The molecule has 2 aromatic heterocycles. The molecule has 0 amide bonds. The van der Waals surface area contributed by atoms with Gasteiger partial charge in [-0.1, -0.05) is 30.3 Å². The van der Waals surface area contributed by atoms with Gasteiger partial charge in [0, 0.05) is 25.2 Å².